The van der Waals surface area contributed by atoms with E-state index in [1.165, 1.54) is 22.5 Å². The number of ether oxygens (including phenoxy) is 1. The summed E-state index contributed by atoms with van der Waals surface area (Å²) in [5, 5.41) is 3.06. The number of sulfonamides is 1. The lowest BCUT2D eigenvalue weighted by molar-refractivity contribution is -0.112. The summed E-state index contributed by atoms with van der Waals surface area (Å²) in [5.74, 6) is -0.550. The van der Waals surface area contributed by atoms with Crippen molar-refractivity contribution < 1.29 is 22.3 Å². The molecule has 0 fully saturated rings. The summed E-state index contributed by atoms with van der Waals surface area (Å²) in [4.78, 5) is 12.2. The van der Waals surface area contributed by atoms with Gasteiger partial charge in [-0.25, -0.2) is 12.8 Å². The summed E-state index contributed by atoms with van der Waals surface area (Å²) in [6.45, 7) is 5.02. The van der Waals surface area contributed by atoms with Gasteiger partial charge in [0.15, 0.2) is 0 Å². The van der Waals surface area contributed by atoms with Gasteiger partial charge in [-0.1, -0.05) is 11.6 Å². The molecule has 9 heteroatoms. The molecular formula is C20H20ClFN2O4S. The van der Waals surface area contributed by atoms with Crippen molar-refractivity contribution in [2.75, 3.05) is 16.2 Å². The van der Waals surface area contributed by atoms with Gasteiger partial charge in [0.2, 0.25) is 0 Å². The number of carbonyl (C=O) groups is 1. The number of hydrogen-bond donors (Lipinski definition) is 1. The minimum absolute atomic E-state index is 0.0371. The first kappa shape index (κ1) is 21.1. The maximum absolute atomic E-state index is 13.2. The highest BCUT2D eigenvalue weighted by molar-refractivity contribution is 7.92. The van der Waals surface area contributed by atoms with Gasteiger partial charge in [-0.15, -0.1) is 0 Å². The molecule has 1 atom stereocenters. The third-order valence-corrected chi connectivity index (χ3v) is 6.57. The highest BCUT2D eigenvalue weighted by Crippen LogP contribution is 2.39. The van der Waals surface area contributed by atoms with Gasteiger partial charge in [-0.3, -0.25) is 9.10 Å². The van der Waals surface area contributed by atoms with Crippen molar-refractivity contribution in [2.24, 2.45) is 0 Å². The van der Waals surface area contributed by atoms with Crippen LogP contribution in [0.1, 0.15) is 20.8 Å². The second-order valence-electron chi connectivity index (χ2n) is 6.71. The summed E-state index contributed by atoms with van der Waals surface area (Å²) >= 11 is 5.87. The van der Waals surface area contributed by atoms with E-state index in [9.17, 15) is 17.6 Å². The number of benzene rings is 2. The molecule has 1 aliphatic rings. The minimum Gasteiger partial charge on any atom is -0.487 e. The Morgan fingerprint density at radius 3 is 2.48 bits per heavy atom. The van der Waals surface area contributed by atoms with Crippen LogP contribution in [0.15, 0.2) is 58.0 Å². The molecule has 2 aromatic carbocycles. The first-order valence-corrected chi connectivity index (χ1v) is 10.6. The molecule has 1 unspecified atom stereocenters. The van der Waals surface area contributed by atoms with Crippen LogP contribution >= 0.6 is 11.6 Å². The van der Waals surface area contributed by atoms with E-state index in [-0.39, 0.29) is 23.2 Å². The Hall–Kier alpha value is -2.58. The molecule has 154 valence electrons. The lowest BCUT2D eigenvalue weighted by Crippen LogP contribution is -2.42. The molecule has 0 aliphatic carbocycles. The van der Waals surface area contributed by atoms with Gasteiger partial charge < -0.3 is 10.1 Å². The molecule has 6 nitrogen and oxygen atoms in total. The number of anilines is 2. The number of fused-ring (bicyclic) bond motifs is 1. The van der Waals surface area contributed by atoms with E-state index in [1.54, 1.807) is 32.9 Å². The Morgan fingerprint density at radius 1 is 1.21 bits per heavy atom. The molecule has 1 aliphatic heterocycles. The quantitative estimate of drug-likeness (QED) is 0.723. The Bertz CT molecular complexity index is 1080. The maximum atomic E-state index is 13.2. The van der Waals surface area contributed by atoms with Gasteiger partial charge >= 0.3 is 0 Å². The predicted octanol–water partition coefficient (Wildman–Crippen LogP) is 4.27. The predicted molar refractivity (Wildman–Crippen MR) is 110 cm³/mol. The maximum Gasteiger partial charge on any atom is 0.264 e. The van der Waals surface area contributed by atoms with E-state index in [4.69, 9.17) is 16.3 Å². The monoisotopic (exact) mass is 438 g/mol. The van der Waals surface area contributed by atoms with Gasteiger partial charge in [0.05, 0.1) is 17.1 Å². The van der Waals surface area contributed by atoms with Crippen LogP contribution in [0.5, 0.6) is 5.75 Å². The summed E-state index contributed by atoms with van der Waals surface area (Å²) in [6, 6.07) is 9.36. The van der Waals surface area contributed by atoms with Gasteiger partial charge in [0.25, 0.3) is 15.9 Å². The summed E-state index contributed by atoms with van der Waals surface area (Å²) in [7, 11) is -3.96. The van der Waals surface area contributed by atoms with E-state index >= 15 is 0 Å². The van der Waals surface area contributed by atoms with Crippen LogP contribution in [0.2, 0.25) is 0 Å². The lowest BCUT2D eigenvalue weighted by Gasteiger charge is -2.34. The van der Waals surface area contributed by atoms with Crippen LogP contribution in [-0.4, -0.2) is 27.0 Å². The van der Waals surface area contributed by atoms with E-state index in [2.05, 4.69) is 5.32 Å². The zero-order valence-corrected chi connectivity index (χ0v) is 17.6. The van der Waals surface area contributed by atoms with E-state index in [0.29, 0.717) is 22.0 Å². The van der Waals surface area contributed by atoms with Crippen LogP contribution in [-0.2, 0) is 14.8 Å². The SMILES string of the molecule is CC(Cl)=C(C)C(=O)Nc1ccc2c(c1)N(S(=O)(=O)c1ccc(F)cc1)CC(C)O2. The Labute approximate surface area is 174 Å². The standard InChI is InChI=1S/C20H20ClFN2O4S/c1-12-11-24(29(26,27)17-7-4-15(22)5-8-17)18-10-16(6-9-19(18)28-12)23-20(25)13(2)14(3)21/h4-10,12H,11H2,1-3H3,(H,23,25). The van der Waals surface area contributed by atoms with Crippen LogP contribution in [0.3, 0.4) is 0 Å². The van der Waals surface area contributed by atoms with Crippen LogP contribution in [0.25, 0.3) is 0 Å². The molecular weight excluding hydrogens is 419 g/mol. The first-order chi connectivity index (χ1) is 13.6. The Morgan fingerprint density at radius 2 is 1.86 bits per heavy atom. The van der Waals surface area contributed by atoms with Gasteiger partial charge in [0.1, 0.15) is 17.7 Å². The molecule has 3 rings (SSSR count). The molecule has 1 N–H and O–H groups in total. The average molecular weight is 439 g/mol. The first-order valence-electron chi connectivity index (χ1n) is 8.83. The number of nitrogens with one attached hydrogen (secondary N) is 1. The van der Waals surface area contributed by atoms with Crippen molar-refractivity contribution in [1.29, 1.82) is 0 Å². The molecule has 0 radical (unpaired) electrons. The summed E-state index contributed by atoms with van der Waals surface area (Å²) in [5.41, 5.74) is 1.03. The van der Waals surface area contributed by atoms with Crippen LogP contribution in [0.4, 0.5) is 15.8 Å². The molecule has 0 aromatic heterocycles. The Balaban J connectivity index is 2.01. The third kappa shape index (κ3) is 4.38. The van der Waals surface area contributed by atoms with Crippen LogP contribution < -0.4 is 14.4 Å². The number of hydrogen-bond acceptors (Lipinski definition) is 4. The van der Waals surface area contributed by atoms with Crippen LogP contribution in [0, 0.1) is 5.82 Å². The molecule has 0 bridgehead atoms. The molecule has 1 heterocycles. The fourth-order valence-electron chi connectivity index (χ4n) is 2.82. The van der Waals surface area contributed by atoms with Crippen molar-refractivity contribution in [3.63, 3.8) is 0 Å². The molecule has 1 amide bonds. The average Bonchev–Trinajstić information content (AvgIpc) is 2.67. The highest BCUT2D eigenvalue weighted by atomic mass is 35.5. The number of nitrogens with zero attached hydrogens (tertiary/aromatic N) is 1. The fraction of sp³-hybridized carbons (Fsp3) is 0.250. The molecule has 29 heavy (non-hydrogen) atoms. The number of rotatable bonds is 4. The smallest absolute Gasteiger partial charge is 0.264 e. The lowest BCUT2D eigenvalue weighted by atomic mass is 10.2. The van der Waals surface area contributed by atoms with Crippen molar-refractivity contribution in [3.05, 3.63) is 58.9 Å². The van der Waals surface area contributed by atoms with E-state index < -0.39 is 21.7 Å². The van der Waals surface area contributed by atoms with Crippen molar-refractivity contribution >= 4 is 38.9 Å². The number of allylic oxidation sites excluding steroid dienone is 1. The molecule has 0 spiro atoms. The number of carbonyl (C=O) groups excluding carboxylic acids is 1. The normalized spacial score (nSPS) is 17.1. The van der Waals surface area contributed by atoms with Crippen molar-refractivity contribution in [2.45, 2.75) is 31.8 Å². The number of halogens is 2. The zero-order chi connectivity index (χ0) is 21.3. The summed E-state index contributed by atoms with van der Waals surface area (Å²) < 4.78 is 46.5. The molecule has 0 saturated carbocycles. The number of amides is 1. The fourth-order valence-corrected chi connectivity index (χ4v) is 4.45. The van der Waals surface area contributed by atoms with Gasteiger partial charge in [-0.05, 0) is 63.2 Å². The van der Waals surface area contributed by atoms with Gasteiger partial charge in [0, 0.05) is 16.3 Å². The Kier molecular flexibility index (Phi) is 5.86. The zero-order valence-electron chi connectivity index (χ0n) is 16.1. The van der Waals surface area contributed by atoms with Gasteiger partial charge in [-0.2, -0.15) is 0 Å². The largest absolute Gasteiger partial charge is 0.487 e. The molecule has 2 aromatic rings. The summed E-state index contributed by atoms with van der Waals surface area (Å²) in [6.07, 6.45) is -0.387. The molecule has 0 saturated heterocycles. The van der Waals surface area contributed by atoms with Crippen molar-refractivity contribution in [1.82, 2.24) is 0 Å². The second-order valence-corrected chi connectivity index (χ2v) is 9.14. The highest BCUT2D eigenvalue weighted by Gasteiger charge is 2.33. The topological polar surface area (TPSA) is 75.7 Å². The minimum atomic E-state index is -3.96. The van der Waals surface area contributed by atoms with E-state index in [0.717, 1.165) is 12.1 Å². The third-order valence-electron chi connectivity index (χ3n) is 4.50. The van der Waals surface area contributed by atoms with Crippen molar-refractivity contribution in [3.8, 4) is 5.75 Å². The second kappa shape index (κ2) is 8.04. The van der Waals surface area contributed by atoms with E-state index in [1.807, 2.05) is 0 Å².